The molecule has 1 aromatic rings. The Morgan fingerprint density at radius 2 is 2.05 bits per heavy atom. The predicted molar refractivity (Wildman–Crippen MR) is 69.7 cm³/mol. The van der Waals surface area contributed by atoms with E-state index in [1.165, 1.54) is 6.92 Å². The third-order valence-electron chi connectivity index (χ3n) is 1.99. The molecule has 3 N–H and O–H groups in total. The number of amides is 1. The second-order valence-corrected chi connectivity index (χ2v) is 5.97. The minimum Gasteiger partial charge on any atom is -0.444 e. The van der Waals surface area contributed by atoms with Crippen LogP contribution in [0.3, 0.4) is 0 Å². The Balaban J connectivity index is 2.83. The Labute approximate surface area is 114 Å². The number of thiazole rings is 1. The van der Waals surface area contributed by atoms with Crippen molar-refractivity contribution in [1.82, 2.24) is 4.98 Å². The smallest absolute Gasteiger partial charge is 0.413 e. The third kappa shape index (κ3) is 4.39. The van der Waals surface area contributed by atoms with Crippen LogP contribution in [0.4, 0.5) is 18.7 Å². The Bertz CT molecular complexity index is 469. The van der Waals surface area contributed by atoms with Crippen LogP contribution in [0, 0.1) is 6.92 Å². The van der Waals surface area contributed by atoms with Crippen LogP contribution in [0.25, 0.3) is 0 Å². The normalized spacial score (nSPS) is 12.4. The molecule has 108 valence electrons. The van der Waals surface area contributed by atoms with Crippen molar-refractivity contribution in [3.05, 3.63) is 10.6 Å². The van der Waals surface area contributed by atoms with Crippen molar-refractivity contribution in [2.45, 2.75) is 39.2 Å². The van der Waals surface area contributed by atoms with E-state index in [0.717, 1.165) is 0 Å². The monoisotopic (exact) mass is 293 g/mol. The zero-order valence-electron chi connectivity index (χ0n) is 11.2. The summed E-state index contributed by atoms with van der Waals surface area (Å²) in [5.41, 5.74) is 4.50. The molecule has 0 spiro atoms. The molecule has 8 heteroatoms. The fraction of sp³-hybridized carbons (Fsp3) is 0.636. The summed E-state index contributed by atoms with van der Waals surface area (Å²) in [4.78, 5) is 15.1. The summed E-state index contributed by atoms with van der Waals surface area (Å²) in [6, 6.07) is 0. The Morgan fingerprint density at radius 3 is 2.53 bits per heavy atom. The summed E-state index contributed by atoms with van der Waals surface area (Å²) in [6.45, 7) is 5.74. The zero-order chi connectivity index (χ0) is 14.8. The maximum atomic E-state index is 13.5. The molecule has 0 saturated carbocycles. The Morgan fingerprint density at radius 1 is 1.47 bits per heavy atom. The summed E-state index contributed by atoms with van der Waals surface area (Å²) in [5.74, 6) is -3.14. The predicted octanol–water partition coefficient (Wildman–Crippen LogP) is 2.85. The maximum absolute atomic E-state index is 13.5. The number of hydrogen-bond donors (Lipinski definition) is 2. The van der Waals surface area contributed by atoms with Crippen LogP contribution in [0.2, 0.25) is 0 Å². The molecule has 1 rings (SSSR count). The van der Waals surface area contributed by atoms with Crippen molar-refractivity contribution >= 4 is 22.6 Å². The highest BCUT2D eigenvalue weighted by Crippen LogP contribution is 2.36. The van der Waals surface area contributed by atoms with E-state index < -0.39 is 24.2 Å². The second-order valence-electron chi connectivity index (χ2n) is 4.97. The van der Waals surface area contributed by atoms with E-state index in [9.17, 15) is 13.6 Å². The molecule has 0 aliphatic carbocycles. The van der Waals surface area contributed by atoms with Crippen molar-refractivity contribution in [1.29, 1.82) is 0 Å². The number of nitrogens with zero attached hydrogens (tertiary/aromatic N) is 1. The average molecular weight is 293 g/mol. The minimum absolute atomic E-state index is 0.0647. The highest BCUT2D eigenvalue weighted by Gasteiger charge is 2.34. The minimum atomic E-state index is -3.14. The second kappa shape index (κ2) is 5.38. The van der Waals surface area contributed by atoms with Gasteiger partial charge in [-0.25, -0.2) is 9.78 Å². The standard InChI is InChI=1S/C11H17F2N3O2S/c1-6-7(11(12,13)5-14)19-8(15-6)16-9(17)18-10(2,3)4/h5,14H2,1-4H3,(H,15,16,17). The maximum Gasteiger partial charge on any atom is 0.413 e. The van der Waals surface area contributed by atoms with E-state index in [2.05, 4.69) is 10.3 Å². The number of nitrogens with two attached hydrogens (primary N) is 1. The molecule has 0 unspecified atom stereocenters. The van der Waals surface area contributed by atoms with Gasteiger partial charge in [0, 0.05) is 0 Å². The quantitative estimate of drug-likeness (QED) is 0.898. The van der Waals surface area contributed by atoms with Gasteiger partial charge in [0.05, 0.1) is 17.1 Å². The molecule has 0 fully saturated rings. The molecule has 19 heavy (non-hydrogen) atoms. The number of halogens is 2. The van der Waals surface area contributed by atoms with Gasteiger partial charge in [-0.1, -0.05) is 11.3 Å². The van der Waals surface area contributed by atoms with Crippen LogP contribution >= 0.6 is 11.3 Å². The molecular formula is C11H17F2N3O2S. The van der Waals surface area contributed by atoms with Gasteiger partial charge in [-0.3, -0.25) is 5.32 Å². The van der Waals surface area contributed by atoms with Gasteiger partial charge in [0.2, 0.25) is 0 Å². The average Bonchev–Trinajstić information content (AvgIpc) is 2.57. The lowest BCUT2D eigenvalue weighted by molar-refractivity contribution is 0.00906. The molecule has 0 atom stereocenters. The molecule has 0 radical (unpaired) electrons. The lowest BCUT2D eigenvalue weighted by atomic mass is 10.2. The summed E-state index contributed by atoms with van der Waals surface area (Å²) < 4.78 is 31.9. The molecule has 1 heterocycles. The first kappa shape index (κ1) is 15.8. The first-order valence-electron chi connectivity index (χ1n) is 5.61. The van der Waals surface area contributed by atoms with Crippen molar-refractivity contribution in [2.75, 3.05) is 11.9 Å². The highest BCUT2D eigenvalue weighted by molar-refractivity contribution is 7.16. The topological polar surface area (TPSA) is 77.2 Å². The molecule has 0 saturated heterocycles. The molecular weight excluding hydrogens is 276 g/mol. The van der Waals surface area contributed by atoms with E-state index in [1.54, 1.807) is 20.8 Å². The summed E-state index contributed by atoms with van der Waals surface area (Å²) in [7, 11) is 0. The summed E-state index contributed by atoms with van der Waals surface area (Å²) in [5, 5.41) is 2.39. The van der Waals surface area contributed by atoms with E-state index >= 15 is 0 Å². The summed E-state index contributed by atoms with van der Waals surface area (Å²) >= 11 is 0.692. The fourth-order valence-corrected chi connectivity index (χ4v) is 2.21. The number of aromatic nitrogens is 1. The number of ether oxygens (including phenoxy) is 1. The fourth-order valence-electron chi connectivity index (χ4n) is 1.27. The van der Waals surface area contributed by atoms with E-state index in [4.69, 9.17) is 10.5 Å². The van der Waals surface area contributed by atoms with Gasteiger partial charge in [-0.05, 0) is 27.7 Å². The first-order chi connectivity index (χ1) is 8.55. The van der Waals surface area contributed by atoms with E-state index in [-0.39, 0.29) is 15.7 Å². The number of anilines is 1. The van der Waals surface area contributed by atoms with Gasteiger partial charge in [0.1, 0.15) is 5.60 Å². The van der Waals surface area contributed by atoms with E-state index in [1.807, 2.05) is 0 Å². The van der Waals surface area contributed by atoms with Crippen LogP contribution in [0.15, 0.2) is 0 Å². The van der Waals surface area contributed by atoms with Gasteiger partial charge >= 0.3 is 6.09 Å². The third-order valence-corrected chi connectivity index (χ3v) is 3.18. The van der Waals surface area contributed by atoms with Crippen LogP contribution in [-0.2, 0) is 10.7 Å². The van der Waals surface area contributed by atoms with Crippen molar-refractivity contribution in [3.8, 4) is 0 Å². The number of carbonyl (C=O) groups excluding carboxylic acids is 1. The highest BCUT2D eigenvalue weighted by atomic mass is 32.1. The number of hydrogen-bond acceptors (Lipinski definition) is 5. The van der Waals surface area contributed by atoms with Gasteiger partial charge in [-0.2, -0.15) is 8.78 Å². The van der Waals surface area contributed by atoms with E-state index in [0.29, 0.717) is 11.3 Å². The number of aryl methyl sites for hydroxylation is 1. The molecule has 0 aliphatic rings. The molecule has 1 aromatic heterocycles. The Hall–Kier alpha value is -1.28. The first-order valence-corrected chi connectivity index (χ1v) is 6.42. The van der Waals surface area contributed by atoms with Gasteiger partial charge in [0.25, 0.3) is 5.92 Å². The number of alkyl halides is 2. The van der Waals surface area contributed by atoms with Gasteiger partial charge in [-0.15, -0.1) is 0 Å². The van der Waals surface area contributed by atoms with Crippen LogP contribution in [0.5, 0.6) is 0 Å². The Kier molecular flexibility index (Phi) is 4.46. The number of nitrogens with one attached hydrogen (secondary N) is 1. The van der Waals surface area contributed by atoms with Gasteiger partial charge in [0.15, 0.2) is 5.13 Å². The SMILES string of the molecule is Cc1nc(NC(=O)OC(C)(C)C)sc1C(F)(F)CN. The molecule has 1 amide bonds. The zero-order valence-corrected chi connectivity index (χ0v) is 12.0. The van der Waals surface area contributed by atoms with Crippen molar-refractivity contribution < 1.29 is 18.3 Å². The summed E-state index contributed by atoms with van der Waals surface area (Å²) in [6.07, 6.45) is -0.733. The lowest BCUT2D eigenvalue weighted by Crippen LogP contribution is -2.27. The van der Waals surface area contributed by atoms with Crippen LogP contribution < -0.4 is 11.1 Å². The number of rotatable bonds is 3. The lowest BCUT2D eigenvalue weighted by Gasteiger charge is -2.18. The number of carbonyl (C=O) groups is 1. The van der Waals surface area contributed by atoms with Crippen molar-refractivity contribution in [3.63, 3.8) is 0 Å². The van der Waals surface area contributed by atoms with Gasteiger partial charge < -0.3 is 10.5 Å². The van der Waals surface area contributed by atoms with Crippen LogP contribution in [-0.4, -0.2) is 23.2 Å². The largest absolute Gasteiger partial charge is 0.444 e. The van der Waals surface area contributed by atoms with Crippen LogP contribution in [0.1, 0.15) is 31.3 Å². The molecule has 5 nitrogen and oxygen atoms in total. The van der Waals surface area contributed by atoms with Crippen molar-refractivity contribution in [2.24, 2.45) is 5.73 Å². The molecule has 0 bridgehead atoms. The molecule has 0 aliphatic heterocycles. The molecule has 0 aromatic carbocycles.